The van der Waals surface area contributed by atoms with E-state index in [9.17, 15) is 5.11 Å². The summed E-state index contributed by atoms with van der Waals surface area (Å²) in [6.07, 6.45) is 2.33. The lowest BCUT2D eigenvalue weighted by atomic mass is 9.68. The first-order chi connectivity index (χ1) is 11.4. The van der Waals surface area contributed by atoms with Crippen LogP contribution in [0, 0.1) is 11.8 Å². The third-order valence-corrected chi connectivity index (χ3v) is 6.06. The van der Waals surface area contributed by atoms with Crippen molar-refractivity contribution >= 4 is 0 Å². The van der Waals surface area contributed by atoms with Gasteiger partial charge >= 0.3 is 0 Å². The van der Waals surface area contributed by atoms with Crippen LogP contribution in [-0.2, 0) is 4.74 Å². The molecule has 3 unspecified atom stereocenters. The van der Waals surface area contributed by atoms with Gasteiger partial charge in [0.2, 0.25) is 0 Å². The van der Waals surface area contributed by atoms with Crippen molar-refractivity contribution in [1.82, 2.24) is 0 Å². The molecule has 2 heteroatoms. The average molecular weight is 304 g/mol. The molecule has 2 nitrogen and oxygen atoms in total. The van der Waals surface area contributed by atoms with Gasteiger partial charge in [0.25, 0.3) is 0 Å². The average Bonchev–Trinajstić information content (AvgIpc) is 3.15. The molecule has 6 rings (SSSR count). The molecule has 2 aliphatic carbocycles. The first kappa shape index (κ1) is 13.4. The molecule has 0 radical (unpaired) electrons. The number of aliphatic hydroxyl groups is 1. The number of hydrogen-bond donors (Lipinski definition) is 1. The van der Waals surface area contributed by atoms with E-state index in [0.29, 0.717) is 11.8 Å². The summed E-state index contributed by atoms with van der Waals surface area (Å²) in [6.45, 7) is 0.147. The summed E-state index contributed by atoms with van der Waals surface area (Å²) < 4.78 is 6.42. The Morgan fingerprint density at radius 1 is 0.913 bits per heavy atom. The van der Waals surface area contributed by atoms with Crippen LogP contribution in [-0.4, -0.2) is 17.3 Å². The van der Waals surface area contributed by atoms with Crippen LogP contribution in [0.5, 0.6) is 0 Å². The van der Waals surface area contributed by atoms with Crippen LogP contribution in [0.2, 0.25) is 0 Å². The van der Waals surface area contributed by atoms with Gasteiger partial charge in [-0.25, -0.2) is 0 Å². The lowest BCUT2D eigenvalue weighted by molar-refractivity contribution is -0.127. The molecular weight excluding hydrogens is 284 g/mol. The van der Waals surface area contributed by atoms with E-state index in [2.05, 4.69) is 60.7 Å². The van der Waals surface area contributed by atoms with Crippen LogP contribution in [0.3, 0.4) is 0 Å². The van der Waals surface area contributed by atoms with E-state index >= 15 is 0 Å². The van der Waals surface area contributed by atoms with Crippen LogP contribution < -0.4 is 0 Å². The zero-order valence-electron chi connectivity index (χ0n) is 13.0. The lowest BCUT2D eigenvalue weighted by Crippen LogP contribution is -2.52. The molecule has 4 bridgehead atoms. The normalized spacial score (nSPS) is 30.5. The number of rotatable bonds is 4. The number of aliphatic hydroxyl groups excluding tert-OH is 1. The maximum absolute atomic E-state index is 9.78. The molecule has 3 atom stereocenters. The molecule has 1 saturated carbocycles. The summed E-state index contributed by atoms with van der Waals surface area (Å²) in [5.41, 5.74) is 3.62. The Labute approximate surface area is 136 Å². The molecule has 0 spiro atoms. The molecular formula is C21H20O2. The van der Waals surface area contributed by atoms with Gasteiger partial charge in [0.05, 0.1) is 18.4 Å². The lowest BCUT2D eigenvalue weighted by Gasteiger charge is -2.49. The first-order valence-corrected chi connectivity index (χ1v) is 8.49. The fraction of sp³-hybridized carbons (Fsp3) is 0.333. The highest BCUT2D eigenvalue weighted by atomic mass is 16.5. The van der Waals surface area contributed by atoms with Gasteiger partial charge in [-0.2, -0.15) is 0 Å². The fourth-order valence-electron chi connectivity index (χ4n) is 5.27. The second-order valence-electron chi connectivity index (χ2n) is 6.94. The van der Waals surface area contributed by atoms with Gasteiger partial charge < -0.3 is 9.84 Å². The highest BCUT2D eigenvalue weighted by molar-refractivity contribution is 5.50. The Morgan fingerprint density at radius 3 is 2.00 bits per heavy atom. The van der Waals surface area contributed by atoms with E-state index < -0.39 is 0 Å². The Morgan fingerprint density at radius 2 is 1.48 bits per heavy atom. The van der Waals surface area contributed by atoms with E-state index in [1.165, 1.54) is 17.5 Å². The van der Waals surface area contributed by atoms with Crippen molar-refractivity contribution < 1.29 is 9.84 Å². The van der Waals surface area contributed by atoms with Gasteiger partial charge in [0, 0.05) is 11.5 Å². The molecule has 0 amide bonds. The molecule has 2 fully saturated rings. The summed E-state index contributed by atoms with van der Waals surface area (Å²) >= 11 is 0. The van der Waals surface area contributed by atoms with E-state index in [1.54, 1.807) is 0 Å². The van der Waals surface area contributed by atoms with Crippen molar-refractivity contribution in [3.63, 3.8) is 0 Å². The second-order valence-corrected chi connectivity index (χ2v) is 6.94. The molecule has 4 aliphatic rings. The molecule has 116 valence electrons. The van der Waals surface area contributed by atoms with Gasteiger partial charge in [-0.1, -0.05) is 60.7 Å². The van der Waals surface area contributed by atoms with E-state index in [1.807, 2.05) is 0 Å². The Balaban J connectivity index is 1.66. The minimum atomic E-state index is -0.171. The Hall–Kier alpha value is -2.06. The second kappa shape index (κ2) is 4.72. The van der Waals surface area contributed by atoms with E-state index in [0.717, 1.165) is 17.8 Å². The SMILES string of the molecule is OCC1=C2OC3(C(c4ccccc4)c4ccccc4)C1CCC23. The van der Waals surface area contributed by atoms with Crippen LogP contribution in [0.1, 0.15) is 29.9 Å². The zero-order valence-corrected chi connectivity index (χ0v) is 13.0. The third-order valence-electron chi connectivity index (χ3n) is 6.06. The monoisotopic (exact) mass is 304 g/mol. The number of benzene rings is 2. The minimum absolute atomic E-state index is 0.147. The first-order valence-electron chi connectivity index (χ1n) is 8.49. The Kier molecular flexibility index (Phi) is 2.75. The highest BCUT2D eigenvalue weighted by Gasteiger charge is 2.72. The molecule has 2 aromatic rings. The van der Waals surface area contributed by atoms with E-state index in [4.69, 9.17) is 4.74 Å². The maximum atomic E-state index is 9.78. The van der Waals surface area contributed by atoms with Crippen molar-refractivity contribution in [2.75, 3.05) is 6.61 Å². The molecule has 0 aromatic heterocycles. The van der Waals surface area contributed by atoms with Gasteiger partial charge in [-0.05, 0) is 24.0 Å². The van der Waals surface area contributed by atoms with Gasteiger partial charge in [-0.3, -0.25) is 0 Å². The van der Waals surface area contributed by atoms with Crippen LogP contribution in [0.4, 0.5) is 0 Å². The smallest absolute Gasteiger partial charge is 0.136 e. The third kappa shape index (κ3) is 1.57. The summed E-state index contributed by atoms with van der Waals surface area (Å²) in [5.74, 6) is 2.19. The topological polar surface area (TPSA) is 29.5 Å². The molecule has 23 heavy (non-hydrogen) atoms. The van der Waals surface area contributed by atoms with E-state index in [-0.39, 0.29) is 18.1 Å². The van der Waals surface area contributed by atoms with Gasteiger partial charge in [-0.15, -0.1) is 0 Å². The van der Waals surface area contributed by atoms with Crippen molar-refractivity contribution in [3.05, 3.63) is 83.1 Å². The summed E-state index contributed by atoms with van der Waals surface area (Å²) in [5, 5.41) is 9.78. The van der Waals surface area contributed by atoms with Gasteiger partial charge in [0.15, 0.2) is 0 Å². The van der Waals surface area contributed by atoms with Crippen LogP contribution in [0.15, 0.2) is 72.0 Å². The summed E-state index contributed by atoms with van der Waals surface area (Å²) in [6, 6.07) is 21.4. The van der Waals surface area contributed by atoms with Crippen molar-refractivity contribution in [2.24, 2.45) is 11.8 Å². The minimum Gasteiger partial charge on any atom is -0.489 e. The van der Waals surface area contributed by atoms with Crippen molar-refractivity contribution in [3.8, 4) is 0 Å². The summed E-state index contributed by atoms with van der Waals surface area (Å²) in [4.78, 5) is 0. The molecule has 2 aromatic carbocycles. The molecule has 1 N–H and O–H groups in total. The maximum Gasteiger partial charge on any atom is 0.136 e. The highest BCUT2D eigenvalue weighted by Crippen LogP contribution is 2.71. The standard InChI is InChI=1S/C21H20O2/c22-13-16-17-11-12-18-20(16)23-21(17,18)19(14-7-3-1-4-8-14)15-9-5-2-6-10-15/h1-10,17-19,22H,11-13H2. The van der Waals surface area contributed by atoms with Crippen molar-refractivity contribution in [1.29, 1.82) is 0 Å². The predicted octanol–water partition coefficient (Wildman–Crippen LogP) is 3.87. The number of ether oxygens (including phenoxy) is 1. The van der Waals surface area contributed by atoms with Crippen molar-refractivity contribution in [2.45, 2.75) is 24.4 Å². The van der Waals surface area contributed by atoms with Gasteiger partial charge in [0.1, 0.15) is 11.4 Å². The molecule has 1 saturated heterocycles. The largest absolute Gasteiger partial charge is 0.489 e. The quantitative estimate of drug-likeness (QED) is 0.929. The number of hydrogen-bond acceptors (Lipinski definition) is 2. The van der Waals surface area contributed by atoms with Crippen LogP contribution in [0.25, 0.3) is 0 Å². The van der Waals surface area contributed by atoms with Crippen LogP contribution >= 0.6 is 0 Å². The fourth-order valence-corrected chi connectivity index (χ4v) is 5.27. The molecule has 2 aliphatic heterocycles. The zero-order chi connectivity index (χ0) is 15.4. The predicted molar refractivity (Wildman–Crippen MR) is 88.9 cm³/mol. The Bertz CT molecular complexity index is 725. The summed E-state index contributed by atoms with van der Waals surface area (Å²) in [7, 11) is 0. The molecule has 2 heterocycles.